The molecule has 3 aliphatic rings. The Labute approximate surface area is 188 Å². The zero-order valence-corrected chi connectivity index (χ0v) is 18.3. The van der Waals surface area contributed by atoms with Crippen molar-refractivity contribution in [3.05, 3.63) is 65.7 Å². The molecule has 2 aromatic heterocycles. The van der Waals surface area contributed by atoms with Crippen molar-refractivity contribution in [3.63, 3.8) is 0 Å². The quantitative estimate of drug-likeness (QED) is 0.418. The fourth-order valence-electron chi connectivity index (χ4n) is 5.35. The van der Waals surface area contributed by atoms with Gasteiger partial charge in [-0.2, -0.15) is 0 Å². The summed E-state index contributed by atoms with van der Waals surface area (Å²) in [6, 6.07) is 12.8. The number of hydrogen-bond acceptors (Lipinski definition) is 5. The van der Waals surface area contributed by atoms with Gasteiger partial charge in [0.25, 0.3) is 0 Å². The van der Waals surface area contributed by atoms with Crippen LogP contribution < -0.4 is 0 Å². The second kappa shape index (κ2) is 8.21. The van der Waals surface area contributed by atoms with Gasteiger partial charge in [0, 0.05) is 41.5 Å². The lowest BCUT2D eigenvalue weighted by Crippen LogP contribution is -2.34. The fraction of sp³-hybridized carbons (Fsp3) is 0.407. The molecule has 0 amide bonds. The van der Waals surface area contributed by atoms with Gasteiger partial charge in [0.15, 0.2) is 0 Å². The van der Waals surface area contributed by atoms with Crippen molar-refractivity contribution in [1.82, 2.24) is 9.88 Å². The minimum absolute atomic E-state index is 0.474. The number of benzene rings is 1. The zero-order chi connectivity index (χ0) is 21.5. The molecule has 0 unspecified atom stereocenters. The minimum Gasteiger partial charge on any atom is -0.460 e. The number of likely N-dealkylation sites (tertiary alicyclic amines) is 1. The summed E-state index contributed by atoms with van der Waals surface area (Å²) in [6.07, 6.45) is 10.5. The monoisotopic (exact) mass is 427 g/mol. The van der Waals surface area contributed by atoms with Crippen molar-refractivity contribution >= 4 is 5.71 Å². The zero-order valence-electron chi connectivity index (χ0n) is 18.3. The van der Waals surface area contributed by atoms with Crippen LogP contribution in [-0.4, -0.2) is 40.4 Å². The van der Waals surface area contributed by atoms with Gasteiger partial charge >= 0.3 is 0 Å². The number of nitrogens with zero attached hydrogens (tertiary/aromatic N) is 3. The van der Waals surface area contributed by atoms with Crippen LogP contribution in [0.25, 0.3) is 22.5 Å². The molecule has 5 nitrogen and oxygen atoms in total. The number of hydrogen-bond donors (Lipinski definition) is 1. The van der Waals surface area contributed by atoms with Crippen LogP contribution in [0, 0.1) is 5.92 Å². The molecule has 0 bridgehead atoms. The Balaban J connectivity index is 1.33. The van der Waals surface area contributed by atoms with Crippen molar-refractivity contribution in [2.75, 3.05) is 19.6 Å². The molecule has 5 heteroatoms. The molecule has 1 saturated heterocycles. The van der Waals surface area contributed by atoms with E-state index in [0.717, 1.165) is 71.1 Å². The summed E-state index contributed by atoms with van der Waals surface area (Å²) < 4.78 is 6.62. The van der Waals surface area contributed by atoms with Gasteiger partial charge in [-0.3, -0.25) is 4.98 Å². The van der Waals surface area contributed by atoms with Crippen molar-refractivity contribution in [1.29, 1.82) is 0 Å². The lowest BCUT2D eigenvalue weighted by atomic mass is 9.93. The van der Waals surface area contributed by atoms with Crippen molar-refractivity contribution < 1.29 is 9.62 Å². The van der Waals surface area contributed by atoms with Crippen LogP contribution in [0.3, 0.4) is 0 Å². The highest BCUT2D eigenvalue weighted by Crippen LogP contribution is 2.41. The number of fused-ring (bicyclic) bond motifs is 1. The predicted molar refractivity (Wildman–Crippen MR) is 125 cm³/mol. The van der Waals surface area contributed by atoms with E-state index >= 15 is 0 Å². The van der Waals surface area contributed by atoms with Crippen molar-refractivity contribution in [2.24, 2.45) is 11.1 Å². The summed E-state index contributed by atoms with van der Waals surface area (Å²) >= 11 is 0. The van der Waals surface area contributed by atoms with Gasteiger partial charge in [-0.05, 0) is 92.9 Å². The van der Waals surface area contributed by atoms with Crippen molar-refractivity contribution in [3.8, 4) is 22.5 Å². The minimum atomic E-state index is 0.474. The van der Waals surface area contributed by atoms with Crippen LogP contribution in [-0.2, 0) is 6.42 Å². The van der Waals surface area contributed by atoms with Gasteiger partial charge in [0.05, 0.1) is 5.71 Å². The maximum Gasteiger partial charge on any atom is 0.142 e. The summed E-state index contributed by atoms with van der Waals surface area (Å²) in [6.45, 7) is 3.63. The van der Waals surface area contributed by atoms with Crippen LogP contribution in [0.1, 0.15) is 54.9 Å². The Bertz CT molecular complexity index is 1140. The first kappa shape index (κ1) is 19.7. The number of piperidine rings is 1. The fourth-order valence-corrected chi connectivity index (χ4v) is 5.35. The van der Waals surface area contributed by atoms with E-state index in [1.807, 2.05) is 12.4 Å². The molecule has 3 heterocycles. The summed E-state index contributed by atoms with van der Waals surface area (Å²) in [4.78, 5) is 6.84. The molecule has 1 aromatic carbocycles. The van der Waals surface area contributed by atoms with Gasteiger partial charge in [0.2, 0.25) is 0 Å². The Morgan fingerprint density at radius 1 is 0.938 bits per heavy atom. The first-order valence-corrected chi connectivity index (χ1v) is 11.9. The van der Waals surface area contributed by atoms with Crippen LogP contribution >= 0.6 is 0 Å². The highest BCUT2D eigenvalue weighted by atomic mass is 16.4. The van der Waals surface area contributed by atoms with Gasteiger partial charge in [0.1, 0.15) is 11.5 Å². The van der Waals surface area contributed by atoms with E-state index < -0.39 is 0 Å². The number of aromatic nitrogens is 1. The van der Waals surface area contributed by atoms with Crippen LogP contribution in [0.5, 0.6) is 0 Å². The Hall–Kier alpha value is -2.92. The Morgan fingerprint density at radius 2 is 1.75 bits per heavy atom. The maximum absolute atomic E-state index is 9.27. The van der Waals surface area contributed by atoms with E-state index in [4.69, 9.17) is 4.42 Å². The molecular formula is C27H29N3O2. The van der Waals surface area contributed by atoms with Crippen LogP contribution in [0.2, 0.25) is 0 Å². The maximum atomic E-state index is 9.27. The van der Waals surface area contributed by atoms with E-state index in [9.17, 15) is 5.21 Å². The van der Waals surface area contributed by atoms with Gasteiger partial charge in [-0.15, -0.1) is 0 Å². The Kier molecular flexibility index (Phi) is 5.07. The largest absolute Gasteiger partial charge is 0.460 e. The summed E-state index contributed by atoms with van der Waals surface area (Å²) in [7, 11) is 0. The van der Waals surface area contributed by atoms with E-state index in [-0.39, 0.29) is 0 Å². The summed E-state index contributed by atoms with van der Waals surface area (Å²) in [5, 5.41) is 12.7. The summed E-state index contributed by atoms with van der Waals surface area (Å²) in [5.74, 6) is 3.47. The summed E-state index contributed by atoms with van der Waals surface area (Å²) in [5.41, 5.74) is 6.41. The average molecular weight is 428 g/mol. The number of aryl methyl sites for hydroxylation is 1. The number of oxime groups is 1. The molecule has 2 aliphatic carbocycles. The predicted octanol–water partition coefficient (Wildman–Crippen LogP) is 5.72. The second-order valence-electron chi connectivity index (χ2n) is 9.56. The SMILES string of the molecule is O/N=C1\CCc2cc(-c3oc(C4CCN(CC5CC5)CC4)cc3-c3ccncc3)ccc21. The molecule has 6 rings (SSSR count). The molecule has 0 radical (unpaired) electrons. The first-order valence-electron chi connectivity index (χ1n) is 11.9. The second-order valence-corrected chi connectivity index (χ2v) is 9.56. The topological polar surface area (TPSA) is 61.9 Å². The third kappa shape index (κ3) is 3.75. The Morgan fingerprint density at radius 3 is 2.50 bits per heavy atom. The number of furan rings is 1. The van der Waals surface area contributed by atoms with E-state index in [1.165, 1.54) is 38.0 Å². The lowest BCUT2D eigenvalue weighted by molar-refractivity contribution is 0.196. The number of pyridine rings is 1. The molecule has 1 saturated carbocycles. The standard InChI is InChI=1S/C27H29N3O2/c31-29-25-6-4-21-15-22(3-5-23(21)25)27-24(19-7-11-28-12-8-19)16-26(32-27)20-9-13-30(14-10-20)17-18-1-2-18/h3,5,7-8,11-12,15-16,18,20,31H,1-2,4,6,9-10,13-14,17H2/b29-25+. The van der Waals surface area contributed by atoms with E-state index in [1.54, 1.807) is 0 Å². The highest BCUT2D eigenvalue weighted by Gasteiger charge is 2.29. The van der Waals surface area contributed by atoms with Crippen LogP contribution in [0.4, 0.5) is 0 Å². The molecule has 2 fully saturated rings. The van der Waals surface area contributed by atoms with Gasteiger partial charge in [-0.1, -0.05) is 17.3 Å². The molecule has 0 atom stereocenters. The molecule has 164 valence electrons. The average Bonchev–Trinajstić information content (AvgIpc) is 3.39. The smallest absolute Gasteiger partial charge is 0.142 e. The molecule has 1 N–H and O–H groups in total. The molecular weight excluding hydrogens is 398 g/mol. The van der Waals surface area contributed by atoms with E-state index in [0.29, 0.717) is 5.92 Å². The number of rotatable bonds is 5. The van der Waals surface area contributed by atoms with Crippen molar-refractivity contribution in [2.45, 2.75) is 44.4 Å². The lowest BCUT2D eigenvalue weighted by Gasteiger charge is -2.31. The third-order valence-electron chi connectivity index (χ3n) is 7.38. The van der Waals surface area contributed by atoms with Gasteiger partial charge < -0.3 is 14.5 Å². The highest BCUT2D eigenvalue weighted by molar-refractivity contribution is 6.04. The van der Waals surface area contributed by atoms with E-state index in [2.05, 4.69) is 51.4 Å². The molecule has 1 aliphatic heterocycles. The third-order valence-corrected chi connectivity index (χ3v) is 7.38. The molecule has 3 aromatic rings. The first-order chi connectivity index (χ1) is 15.8. The molecule has 0 spiro atoms. The molecule has 32 heavy (non-hydrogen) atoms. The van der Waals surface area contributed by atoms with Gasteiger partial charge in [-0.25, -0.2) is 0 Å². The normalized spacial score (nSPS) is 20.7. The van der Waals surface area contributed by atoms with Crippen LogP contribution in [0.15, 0.2) is 58.4 Å².